The van der Waals surface area contributed by atoms with Crippen LogP contribution in [0.25, 0.3) is 0 Å². The van der Waals surface area contributed by atoms with Crippen molar-refractivity contribution in [3.8, 4) is 6.07 Å². The minimum atomic E-state index is -3.13. The van der Waals surface area contributed by atoms with Crippen LogP contribution in [0.15, 0.2) is 42.7 Å². The van der Waals surface area contributed by atoms with Gasteiger partial charge in [0.25, 0.3) is 11.8 Å². The van der Waals surface area contributed by atoms with E-state index in [4.69, 9.17) is 5.26 Å². The standard InChI is InChI=1S/C21H20F3N5O2/c1-13(14-2-4-15(22)5-3-14)28-18-10-26-7-6-17(18)20(31)27-11-19(30)29-12-21(23,24)8-16(29)9-25/h2-7,10,13,16,28H,8,11-12H2,1H3,(H,27,31)/t13-,16+/m1/s1. The monoisotopic (exact) mass is 431 g/mol. The van der Waals surface area contributed by atoms with E-state index in [1.165, 1.54) is 30.6 Å². The first-order valence-corrected chi connectivity index (χ1v) is 9.51. The summed E-state index contributed by atoms with van der Waals surface area (Å²) in [5.74, 6) is -4.86. The topological polar surface area (TPSA) is 98.1 Å². The number of nitrogens with one attached hydrogen (secondary N) is 2. The summed E-state index contributed by atoms with van der Waals surface area (Å²) in [4.78, 5) is 29.7. The fraction of sp³-hybridized carbons (Fsp3) is 0.333. The molecule has 0 saturated carbocycles. The van der Waals surface area contributed by atoms with Gasteiger partial charge < -0.3 is 15.5 Å². The maximum Gasteiger partial charge on any atom is 0.268 e. The summed E-state index contributed by atoms with van der Waals surface area (Å²) >= 11 is 0. The van der Waals surface area contributed by atoms with E-state index >= 15 is 0 Å². The summed E-state index contributed by atoms with van der Waals surface area (Å²) in [7, 11) is 0. The molecule has 1 saturated heterocycles. The molecule has 0 radical (unpaired) electrons. The molecule has 2 N–H and O–H groups in total. The molecule has 2 aromatic rings. The number of benzene rings is 1. The van der Waals surface area contributed by atoms with Gasteiger partial charge in [-0.3, -0.25) is 14.6 Å². The van der Waals surface area contributed by atoms with Gasteiger partial charge in [0.15, 0.2) is 0 Å². The molecular weight excluding hydrogens is 411 g/mol. The van der Waals surface area contributed by atoms with Gasteiger partial charge in [-0.05, 0) is 30.7 Å². The molecule has 10 heteroatoms. The highest BCUT2D eigenvalue weighted by Crippen LogP contribution is 2.31. The second-order valence-corrected chi connectivity index (χ2v) is 7.25. The van der Waals surface area contributed by atoms with Crippen molar-refractivity contribution >= 4 is 17.5 Å². The summed E-state index contributed by atoms with van der Waals surface area (Å²) < 4.78 is 40.2. The maximum atomic E-state index is 13.5. The highest BCUT2D eigenvalue weighted by atomic mass is 19.3. The zero-order valence-corrected chi connectivity index (χ0v) is 16.6. The normalized spacial score (nSPS) is 18.2. The fourth-order valence-electron chi connectivity index (χ4n) is 3.32. The van der Waals surface area contributed by atoms with Crippen LogP contribution >= 0.6 is 0 Å². The summed E-state index contributed by atoms with van der Waals surface area (Å²) in [6, 6.07) is 7.50. The Hall–Kier alpha value is -3.61. The second-order valence-electron chi connectivity index (χ2n) is 7.25. The van der Waals surface area contributed by atoms with Crippen molar-refractivity contribution in [1.29, 1.82) is 5.26 Å². The van der Waals surface area contributed by atoms with E-state index in [9.17, 15) is 22.8 Å². The molecule has 0 unspecified atom stereocenters. The van der Waals surface area contributed by atoms with Gasteiger partial charge in [0.05, 0.1) is 36.6 Å². The number of carbonyl (C=O) groups is 2. The molecule has 31 heavy (non-hydrogen) atoms. The van der Waals surface area contributed by atoms with Crippen LogP contribution in [0.4, 0.5) is 18.9 Å². The van der Waals surface area contributed by atoms with Crippen molar-refractivity contribution in [2.75, 3.05) is 18.4 Å². The largest absolute Gasteiger partial charge is 0.377 e. The minimum absolute atomic E-state index is 0.195. The van der Waals surface area contributed by atoms with Crippen LogP contribution in [0, 0.1) is 17.1 Å². The average Bonchev–Trinajstić information content (AvgIpc) is 3.07. The second kappa shape index (κ2) is 9.04. The molecule has 2 heterocycles. The number of hydrogen-bond donors (Lipinski definition) is 2. The number of likely N-dealkylation sites (tertiary alicyclic amines) is 1. The van der Waals surface area contributed by atoms with Gasteiger partial charge in [0, 0.05) is 18.7 Å². The maximum absolute atomic E-state index is 13.5. The van der Waals surface area contributed by atoms with E-state index in [0.717, 1.165) is 10.5 Å². The predicted octanol–water partition coefficient (Wildman–Crippen LogP) is 2.88. The van der Waals surface area contributed by atoms with E-state index in [1.807, 2.05) is 6.92 Å². The molecule has 1 aromatic carbocycles. The number of carbonyl (C=O) groups excluding carboxylic acids is 2. The van der Waals surface area contributed by atoms with E-state index in [-0.39, 0.29) is 17.4 Å². The first-order valence-electron chi connectivity index (χ1n) is 9.51. The van der Waals surface area contributed by atoms with Gasteiger partial charge in [-0.1, -0.05) is 12.1 Å². The van der Waals surface area contributed by atoms with Crippen LogP contribution in [-0.2, 0) is 4.79 Å². The number of rotatable bonds is 6. The van der Waals surface area contributed by atoms with Gasteiger partial charge >= 0.3 is 0 Å². The quantitative estimate of drug-likeness (QED) is 0.733. The van der Waals surface area contributed by atoms with Gasteiger partial charge in [-0.2, -0.15) is 5.26 Å². The number of anilines is 1. The van der Waals surface area contributed by atoms with Crippen molar-refractivity contribution in [2.24, 2.45) is 0 Å². The third kappa shape index (κ3) is 5.31. The van der Waals surface area contributed by atoms with E-state index in [1.54, 1.807) is 18.2 Å². The van der Waals surface area contributed by atoms with E-state index in [2.05, 4.69) is 15.6 Å². The molecule has 7 nitrogen and oxygen atoms in total. The Morgan fingerprint density at radius 3 is 2.71 bits per heavy atom. The molecule has 2 atom stereocenters. The summed E-state index contributed by atoms with van der Waals surface area (Å²) in [6.45, 7) is 0.445. The number of nitrogens with zero attached hydrogens (tertiary/aromatic N) is 3. The molecule has 1 aromatic heterocycles. The van der Waals surface area contributed by atoms with Crippen LogP contribution < -0.4 is 10.6 Å². The van der Waals surface area contributed by atoms with Crippen LogP contribution in [0.5, 0.6) is 0 Å². The average molecular weight is 431 g/mol. The molecule has 0 spiro atoms. The Morgan fingerprint density at radius 2 is 2.03 bits per heavy atom. The number of halogens is 3. The van der Waals surface area contributed by atoms with Crippen molar-refractivity contribution < 1.29 is 22.8 Å². The summed E-state index contributed by atoms with van der Waals surface area (Å²) in [5, 5.41) is 14.5. The van der Waals surface area contributed by atoms with Crippen LogP contribution in [0.1, 0.15) is 35.3 Å². The lowest BCUT2D eigenvalue weighted by Crippen LogP contribution is -2.43. The number of pyridine rings is 1. The Morgan fingerprint density at radius 1 is 1.32 bits per heavy atom. The van der Waals surface area contributed by atoms with Gasteiger partial charge in [0.2, 0.25) is 5.91 Å². The van der Waals surface area contributed by atoms with Crippen LogP contribution in [0.3, 0.4) is 0 Å². The number of aromatic nitrogens is 1. The third-order valence-corrected chi connectivity index (χ3v) is 4.95. The number of hydrogen-bond acceptors (Lipinski definition) is 5. The van der Waals surface area contributed by atoms with Gasteiger partial charge in [-0.15, -0.1) is 0 Å². The summed E-state index contributed by atoms with van der Waals surface area (Å²) in [6.07, 6.45) is 2.11. The Bertz CT molecular complexity index is 1010. The lowest BCUT2D eigenvalue weighted by molar-refractivity contribution is -0.131. The van der Waals surface area contributed by atoms with Crippen LogP contribution in [0.2, 0.25) is 0 Å². The molecule has 1 aliphatic rings. The molecule has 0 bridgehead atoms. The number of amides is 2. The molecule has 0 aliphatic carbocycles. The highest BCUT2D eigenvalue weighted by Gasteiger charge is 2.47. The first kappa shape index (κ1) is 22.1. The Labute approximate surface area is 176 Å². The SMILES string of the molecule is C[C@@H](Nc1cnccc1C(=O)NCC(=O)N1CC(F)(F)C[C@H]1C#N)c1ccc(F)cc1. The lowest BCUT2D eigenvalue weighted by Gasteiger charge is -2.20. The van der Waals surface area contributed by atoms with Crippen molar-refractivity contribution in [2.45, 2.75) is 31.4 Å². The molecule has 3 rings (SSSR count). The summed E-state index contributed by atoms with van der Waals surface area (Å²) in [5.41, 5.74) is 1.36. The highest BCUT2D eigenvalue weighted by molar-refractivity contribution is 6.01. The molecule has 2 amide bonds. The van der Waals surface area contributed by atoms with Crippen molar-refractivity contribution in [1.82, 2.24) is 15.2 Å². The number of alkyl halides is 2. The lowest BCUT2D eigenvalue weighted by atomic mass is 10.1. The van der Waals surface area contributed by atoms with E-state index < -0.39 is 43.3 Å². The first-order chi connectivity index (χ1) is 14.7. The van der Waals surface area contributed by atoms with Crippen molar-refractivity contribution in [3.05, 3.63) is 59.7 Å². The zero-order valence-electron chi connectivity index (χ0n) is 16.6. The Kier molecular flexibility index (Phi) is 6.44. The Balaban J connectivity index is 1.65. The van der Waals surface area contributed by atoms with Gasteiger partial charge in [0.1, 0.15) is 11.9 Å². The minimum Gasteiger partial charge on any atom is -0.377 e. The van der Waals surface area contributed by atoms with Gasteiger partial charge in [-0.25, -0.2) is 13.2 Å². The molecule has 162 valence electrons. The molecule has 1 aliphatic heterocycles. The smallest absolute Gasteiger partial charge is 0.268 e. The number of nitriles is 1. The molecule has 1 fully saturated rings. The predicted molar refractivity (Wildman–Crippen MR) is 106 cm³/mol. The van der Waals surface area contributed by atoms with Crippen LogP contribution in [-0.4, -0.2) is 46.8 Å². The fourth-order valence-corrected chi connectivity index (χ4v) is 3.32. The molecular formula is C21H20F3N5O2. The third-order valence-electron chi connectivity index (χ3n) is 4.95. The van der Waals surface area contributed by atoms with Crippen molar-refractivity contribution in [3.63, 3.8) is 0 Å². The van der Waals surface area contributed by atoms with E-state index in [0.29, 0.717) is 5.69 Å². The zero-order chi connectivity index (χ0) is 22.6.